The average Bonchev–Trinajstić information content (AvgIpc) is 2.54. The summed E-state index contributed by atoms with van der Waals surface area (Å²) in [6.45, 7) is 4.22. The van der Waals surface area contributed by atoms with Crippen molar-refractivity contribution in [3.63, 3.8) is 0 Å². The molecule has 0 saturated heterocycles. The van der Waals surface area contributed by atoms with Gasteiger partial charge in [0.15, 0.2) is 0 Å². The van der Waals surface area contributed by atoms with E-state index in [4.69, 9.17) is 0 Å². The molecule has 1 amide bonds. The fourth-order valence-corrected chi connectivity index (χ4v) is 3.19. The summed E-state index contributed by atoms with van der Waals surface area (Å²) >= 11 is 0. The van der Waals surface area contributed by atoms with Crippen LogP contribution in [0, 0.1) is 0 Å². The maximum atomic E-state index is 12.8. The van der Waals surface area contributed by atoms with E-state index in [1.807, 2.05) is 30.3 Å². The molecule has 116 valence electrons. The number of hydrogen-bond acceptors (Lipinski definition) is 2. The Hall–Kier alpha value is -1.90. The Balaban J connectivity index is 1.95. The van der Waals surface area contributed by atoms with Crippen LogP contribution in [0.15, 0.2) is 30.3 Å². The molecule has 1 fully saturated rings. The third kappa shape index (κ3) is 3.13. The largest absolute Gasteiger partial charge is 0.349 e. The first-order chi connectivity index (χ1) is 10.6. The number of benzene rings is 1. The predicted octanol–water partition coefficient (Wildman–Crippen LogP) is 4.42. The summed E-state index contributed by atoms with van der Waals surface area (Å²) in [4.78, 5) is 17.4. The van der Waals surface area contributed by atoms with E-state index in [1.165, 1.54) is 19.3 Å². The van der Waals surface area contributed by atoms with Crippen molar-refractivity contribution >= 4 is 16.8 Å². The number of para-hydroxylation sites is 1. The highest BCUT2D eigenvalue weighted by Crippen LogP contribution is 2.23. The van der Waals surface area contributed by atoms with Crippen molar-refractivity contribution in [2.45, 2.75) is 57.9 Å². The van der Waals surface area contributed by atoms with Gasteiger partial charge in [-0.15, -0.1) is 0 Å². The van der Waals surface area contributed by atoms with Crippen LogP contribution >= 0.6 is 0 Å². The van der Waals surface area contributed by atoms with E-state index < -0.39 is 0 Å². The molecule has 1 aliphatic rings. The molecule has 1 N–H and O–H groups in total. The minimum absolute atomic E-state index is 0.0485. The SMILES string of the molecule is CC(C)c1cc(C(=O)NC2CCCCC2)c2ccccc2n1. The van der Waals surface area contributed by atoms with Gasteiger partial charge in [0.05, 0.1) is 11.1 Å². The Kier molecular flexibility index (Phi) is 4.41. The number of aromatic nitrogens is 1. The van der Waals surface area contributed by atoms with Gasteiger partial charge in [0.1, 0.15) is 0 Å². The van der Waals surface area contributed by atoms with Crippen LogP contribution in [0.2, 0.25) is 0 Å². The molecule has 3 rings (SSSR count). The second-order valence-electron chi connectivity index (χ2n) is 6.57. The highest BCUT2D eigenvalue weighted by atomic mass is 16.1. The molecule has 0 atom stereocenters. The number of carbonyl (C=O) groups excluding carboxylic acids is 1. The third-order valence-corrected chi connectivity index (χ3v) is 4.51. The summed E-state index contributed by atoms with van der Waals surface area (Å²) < 4.78 is 0. The summed E-state index contributed by atoms with van der Waals surface area (Å²) in [5.41, 5.74) is 2.65. The molecular weight excluding hydrogens is 272 g/mol. The molecule has 0 bridgehead atoms. The number of carbonyl (C=O) groups is 1. The second kappa shape index (κ2) is 6.47. The van der Waals surface area contributed by atoms with Gasteiger partial charge in [0.25, 0.3) is 5.91 Å². The lowest BCUT2D eigenvalue weighted by atomic mass is 9.95. The van der Waals surface area contributed by atoms with Gasteiger partial charge in [-0.2, -0.15) is 0 Å². The van der Waals surface area contributed by atoms with E-state index in [1.54, 1.807) is 0 Å². The van der Waals surface area contributed by atoms with Crippen LogP contribution in [-0.2, 0) is 0 Å². The molecule has 3 nitrogen and oxygen atoms in total. The van der Waals surface area contributed by atoms with Gasteiger partial charge in [-0.3, -0.25) is 9.78 Å². The van der Waals surface area contributed by atoms with Gasteiger partial charge in [0, 0.05) is 17.1 Å². The summed E-state index contributed by atoms with van der Waals surface area (Å²) in [6.07, 6.45) is 5.94. The normalized spacial score (nSPS) is 16.1. The van der Waals surface area contributed by atoms with Crippen LogP contribution in [0.3, 0.4) is 0 Å². The topological polar surface area (TPSA) is 42.0 Å². The standard InChI is InChI=1S/C19H24N2O/c1-13(2)18-12-16(15-10-6-7-11-17(15)21-18)19(22)20-14-8-4-3-5-9-14/h6-7,10-14H,3-5,8-9H2,1-2H3,(H,20,22). The van der Waals surface area contributed by atoms with Crippen molar-refractivity contribution in [3.8, 4) is 0 Å². The van der Waals surface area contributed by atoms with Crippen LogP contribution in [0.1, 0.15) is 67.9 Å². The molecule has 0 unspecified atom stereocenters. The zero-order valence-corrected chi connectivity index (χ0v) is 13.4. The lowest BCUT2D eigenvalue weighted by Crippen LogP contribution is -2.36. The smallest absolute Gasteiger partial charge is 0.252 e. The van der Waals surface area contributed by atoms with E-state index >= 15 is 0 Å². The third-order valence-electron chi connectivity index (χ3n) is 4.51. The van der Waals surface area contributed by atoms with Crippen LogP contribution in [0.4, 0.5) is 0 Å². The minimum atomic E-state index is 0.0485. The molecule has 1 aliphatic carbocycles. The van der Waals surface area contributed by atoms with Crippen LogP contribution in [-0.4, -0.2) is 16.9 Å². The quantitative estimate of drug-likeness (QED) is 0.911. The highest BCUT2D eigenvalue weighted by Gasteiger charge is 2.19. The van der Waals surface area contributed by atoms with Crippen LogP contribution in [0.25, 0.3) is 10.9 Å². The number of hydrogen-bond donors (Lipinski definition) is 1. The molecule has 1 saturated carbocycles. The first kappa shape index (κ1) is 15.0. The second-order valence-corrected chi connectivity index (χ2v) is 6.57. The number of amides is 1. The molecule has 3 heteroatoms. The highest BCUT2D eigenvalue weighted by molar-refractivity contribution is 6.06. The van der Waals surface area contributed by atoms with E-state index in [0.29, 0.717) is 12.0 Å². The van der Waals surface area contributed by atoms with E-state index in [0.717, 1.165) is 35.0 Å². The van der Waals surface area contributed by atoms with Gasteiger partial charge < -0.3 is 5.32 Å². The Bertz CT molecular complexity index is 672. The number of pyridine rings is 1. The Labute approximate surface area is 132 Å². The minimum Gasteiger partial charge on any atom is -0.349 e. The summed E-state index contributed by atoms with van der Waals surface area (Å²) in [5, 5.41) is 4.17. The average molecular weight is 296 g/mol. The molecule has 2 aromatic rings. The number of nitrogens with zero attached hydrogens (tertiary/aromatic N) is 1. The van der Waals surface area contributed by atoms with Crippen molar-refractivity contribution in [3.05, 3.63) is 41.6 Å². The molecule has 0 spiro atoms. The Morgan fingerprint density at radius 1 is 1.18 bits per heavy atom. The van der Waals surface area contributed by atoms with E-state index in [-0.39, 0.29) is 5.91 Å². The number of fused-ring (bicyclic) bond motifs is 1. The summed E-state index contributed by atoms with van der Waals surface area (Å²) in [6, 6.07) is 10.2. The molecular formula is C19H24N2O. The molecule has 1 aromatic heterocycles. The van der Waals surface area contributed by atoms with Gasteiger partial charge in [-0.05, 0) is 30.9 Å². The van der Waals surface area contributed by atoms with Crippen molar-refractivity contribution in [2.75, 3.05) is 0 Å². The van der Waals surface area contributed by atoms with E-state index in [2.05, 4.69) is 24.1 Å². The Morgan fingerprint density at radius 2 is 1.91 bits per heavy atom. The fraction of sp³-hybridized carbons (Fsp3) is 0.474. The maximum absolute atomic E-state index is 12.8. The molecule has 1 heterocycles. The number of nitrogens with one attached hydrogen (secondary N) is 1. The van der Waals surface area contributed by atoms with Crippen molar-refractivity contribution in [1.82, 2.24) is 10.3 Å². The van der Waals surface area contributed by atoms with E-state index in [9.17, 15) is 4.79 Å². The first-order valence-electron chi connectivity index (χ1n) is 8.35. The zero-order valence-electron chi connectivity index (χ0n) is 13.4. The molecule has 1 aromatic carbocycles. The van der Waals surface area contributed by atoms with Crippen molar-refractivity contribution in [1.29, 1.82) is 0 Å². The fourth-order valence-electron chi connectivity index (χ4n) is 3.19. The number of rotatable bonds is 3. The van der Waals surface area contributed by atoms with Gasteiger partial charge >= 0.3 is 0 Å². The monoisotopic (exact) mass is 296 g/mol. The molecule has 0 aliphatic heterocycles. The Morgan fingerprint density at radius 3 is 2.64 bits per heavy atom. The van der Waals surface area contributed by atoms with Crippen molar-refractivity contribution < 1.29 is 4.79 Å². The van der Waals surface area contributed by atoms with Crippen LogP contribution in [0.5, 0.6) is 0 Å². The lowest BCUT2D eigenvalue weighted by Gasteiger charge is -2.23. The van der Waals surface area contributed by atoms with Crippen molar-refractivity contribution in [2.24, 2.45) is 0 Å². The van der Waals surface area contributed by atoms with Crippen LogP contribution < -0.4 is 5.32 Å². The summed E-state index contributed by atoms with van der Waals surface area (Å²) in [5.74, 6) is 0.359. The predicted molar refractivity (Wildman–Crippen MR) is 90.2 cm³/mol. The van der Waals surface area contributed by atoms with Gasteiger partial charge in [-0.25, -0.2) is 0 Å². The lowest BCUT2D eigenvalue weighted by molar-refractivity contribution is 0.0929. The maximum Gasteiger partial charge on any atom is 0.252 e. The summed E-state index contributed by atoms with van der Waals surface area (Å²) in [7, 11) is 0. The first-order valence-corrected chi connectivity index (χ1v) is 8.35. The van der Waals surface area contributed by atoms with Gasteiger partial charge in [0.2, 0.25) is 0 Å². The van der Waals surface area contributed by atoms with Gasteiger partial charge in [-0.1, -0.05) is 51.3 Å². The zero-order chi connectivity index (χ0) is 15.5. The molecule has 22 heavy (non-hydrogen) atoms. The molecule has 0 radical (unpaired) electrons.